The molecule has 2 fully saturated rings. The number of aromatic nitrogens is 1. The summed E-state index contributed by atoms with van der Waals surface area (Å²) in [4.78, 5) is 25.6. The second kappa shape index (κ2) is 6.08. The highest BCUT2D eigenvalue weighted by molar-refractivity contribution is 6.06. The third-order valence-electron chi connectivity index (χ3n) is 6.84. The van der Waals surface area contributed by atoms with E-state index in [1.54, 1.807) is 6.21 Å². The molecular weight excluding hydrogens is 382 g/mol. The maximum Gasteiger partial charge on any atom is 0.254 e. The van der Waals surface area contributed by atoms with Crippen molar-refractivity contribution in [3.8, 4) is 17.2 Å². The SMILES string of the molecule is Cc1cc(C=NN2C(=O)[C@@H]3[C@H](C2=O)[C@H]2C=C[C@H]3C2)c(C)n1-c1ccc2c(c1)OCO2. The summed E-state index contributed by atoms with van der Waals surface area (Å²) in [6.07, 6.45) is 6.71. The first-order valence-corrected chi connectivity index (χ1v) is 10.2. The van der Waals surface area contributed by atoms with Crippen molar-refractivity contribution in [1.29, 1.82) is 0 Å². The Kier molecular flexibility index (Phi) is 3.54. The molecule has 1 saturated heterocycles. The zero-order valence-corrected chi connectivity index (χ0v) is 16.7. The summed E-state index contributed by atoms with van der Waals surface area (Å²) in [5.74, 6) is 1.04. The average Bonchev–Trinajstić information content (AvgIpc) is 3.52. The number of ether oxygens (including phenoxy) is 2. The molecule has 2 bridgehead atoms. The number of rotatable bonds is 3. The number of carbonyl (C=O) groups is 2. The van der Waals surface area contributed by atoms with Gasteiger partial charge in [-0.15, -0.1) is 0 Å². The fourth-order valence-electron chi connectivity index (χ4n) is 5.46. The molecule has 4 atom stereocenters. The predicted molar refractivity (Wildman–Crippen MR) is 109 cm³/mol. The fraction of sp³-hybridized carbons (Fsp3) is 0.348. The smallest absolute Gasteiger partial charge is 0.254 e. The molecule has 4 aliphatic rings. The number of imide groups is 1. The van der Waals surface area contributed by atoms with Crippen LogP contribution in [0.4, 0.5) is 0 Å². The minimum Gasteiger partial charge on any atom is -0.454 e. The molecule has 2 aliphatic carbocycles. The van der Waals surface area contributed by atoms with Crippen molar-refractivity contribution in [1.82, 2.24) is 9.58 Å². The van der Waals surface area contributed by atoms with Gasteiger partial charge in [-0.25, -0.2) is 0 Å². The van der Waals surface area contributed by atoms with Gasteiger partial charge in [0.15, 0.2) is 11.5 Å². The summed E-state index contributed by atoms with van der Waals surface area (Å²) < 4.78 is 13.0. The summed E-state index contributed by atoms with van der Waals surface area (Å²) in [6.45, 7) is 4.23. The first-order valence-electron chi connectivity index (χ1n) is 10.2. The lowest BCUT2D eigenvalue weighted by molar-refractivity contribution is -0.140. The molecule has 1 aromatic heterocycles. The molecule has 1 saturated carbocycles. The standard InChI is InChI=1S/C23H21N3O4/c1-12-7-16(13(2)25(12)17-5-6-18-19(9-17)30-11-29-18)10-24-26-22(27)20-14-3-4-15(8-14)21(20)23(26)28/h3-7,9-10,14-15,20-21H,8,11H2,1-2H3/t14-,15-,20-,21+/m0/s1. The number of aryl methyl sites for hydroxylation is 1. The van der Waals surface area contributed by atoms with Crippen LogP contribution in [0.3, 0.4) is 0 Å². The monoisotopic (exact) mass is 403 g/mol. The van der Waals surface area contributed by atoms with E-state index < -0.39 is 0 Å². The highest BCUT2D eigenvalue weighted by atomic mass is 16.7. The number of nitrogens with zero attached hydrogens (tertiary/aromatic N) is 3. The summed E-state index contributed by atoms with van der Waals surface area (Å²) in [5.41, 5.74) is 3.81. The van der Waals surface area contributed by atoms with Gasteiger partial charge in [-0.3, -0.25) is 9.59 Å². The number of carbonyl (C=O) groups excluding carboxylic acids is 2. The van der Waals surface area contributed by atoms with Crippen molar-refractivity contribution >= 4 is 18.0 Å². The van der Waals surface area contributed by atoms with Gasteiger partial charge < -0.3 is 14.0 Å². The first kappa shape index (κ1) is 17.5. The van der Waals surface area contributed by atoms with E-state index in [2.05, 4.69) is 21.8 Å². The van der Waals surface area contributed by atoms with Crippen LogP contribution >= 0.6 is 0 Å². The number of fused-ring (bicyclic) bond motifs is 6. The first-order chi connectivity index (χ1) is 14.5. The van der Waals surface area contributed by atoms with Crippen LogP contribution in [0.5, 0.6) is 11.5 Å². The molecule has 152 valence electrons. The maximum atomic E-state index is 12.8. The Morgan fingerprint density at radius 1 is 1.00 bits per heavy atom. The molecule has 0 spiro atoms. The zero-order chi connectivity index (χ0) is 20.6. The van der Waals surface area contributed by atoms with Crippen LogP contribution in [-0.4, -0.2) is 34.4 Å². The van der Waals surface area contributed by atoms with E-state index >= 15 is 0 Å². The van der Waals surface area contributed by atoms with Crippen molar-refractivity contribution < 1.29 is 19.1 Å². The molecule has 1 aromatic carbocycles. The molecule has 0 N–H and O–H groups in total. The summed E-state index contributed by atoms with van der Waals surface area (Å²) in [7, 11) is 0. The molecule has 3 heterocycles. The van der Waals surface area contributed by atoms with Gasteiger partial charge in [0, 0.05) is 28.7 Å². The third kappa shape index (κ3) is 2.29. The van der Waals surface area contributed by atoms with Crippen LogP contribution in [0.25, 0.3) is 5.69 Å². The molecule has 6 rings (SSSR count). The molecule has 2 amide bonds. The predicted octanol–water partition coefficient (Wildman–Crippen LogP) is 2.96. The van der Waals surface area contributed by atoms with Crippen molar-refractivity contribution in [2.24, 2.45) is 28.8 Å². The Bertz CT molecular complexity index is 1130. The minimum absolute atomic E-state index is 0.164. The molecule has 0 unspecified atom stereocenters. The van der Waals surface area contributed by atoms with E-state index in [9.17, 15) is 9.59 Å². The molecule has 7 heteroatoms. The van der Waals surface area contributed by atoms with Gasteiger partial charge in [-0.2, -0.15) is 10.1 Å². The lowest BCUT2D eigenvalue weighted by Crippen LogP contribution is -2.28. The van der Waals surface area contributed by atoms with Gasteiger partial charge in [0.25, 0.3) is 11.8 Å². The lowest BCUT2D eigenvalue weighted by atomic mass is 9.85. The van der Waals surface area contributed by atoms with Crippen molar-refractivity contribution in [3.63, 3.8) is 0 Å². The van der Waals surface area contributed by atoms with Crippen LogP contribution in [0.15, 0.2) is 41.5 Å². The van der Waals surface area contributed by atoms with E-state index in [1.165, 1.54) is 0 Å². The quantitative estimate of drug-likeness (QED) is 0.449. The van der Waals surface area contributed by atoms with E-state index in [-0.39, 0.29) is 42.3 Å². The summed E-state index contributed by atoms with van der Waals surface area (Å²) in [5, 5.41) is 5.42. The molecule has 2 aliphatic heterocycles. The average molecular weight is 403 g/mol. The summed E-state index contributed by atoms with van der Waals surface area (Å²) >= 11 is 0. The van der Waals surface area contributed by atoms with Crippen LogP contribution in [0.2, 0.25) is 0 Å². The van der Waals surface area contributed by atoms with Gasteiger partial charge in [-0.05, 0) is 50.3 Å². The normalized spacial score (nSPS) is 28.4. The van der Waals surface area contributed by atoms with Gasteiger partial charge >= 0.3 is 0 Å². The Balaban J connectivity index is 1.30. The lowest BCUT2D eigenvalue weighted by Gasteiger charge is -2.13. The van der Waals surface area contributed by atoms with Crippen molar-refractivity contribution in [2.45, 2.75) is 20.3 Å². The molecule has 30 heavy (non-hydrogen) atoms. The number of amides is 2. The highest BCUT2D eigenvalue weighted by Gasteiger charge is 2.59. The fourth-order valence-corrected chi connectivity index (χ4v) is 5.46. The summed E-state index contributed by atoms with van der Waals surface area (Å²) in [6, 6.07) is 7.82. The van der Waals surface area contributed by atoms with E-state index in [0.717, 1.165) is 45.6 Å². The largest absolute Gasteiger partial charge is 0.454 e. The van der Waals surface area contributed by atoms with Crippen molar-refractivity contribution in [2.75, 3.05) is 6.79 Å². The Morgan fingerprint density at radius 3 is 2.43 bits per heavy atom. The van der Waals surface area contributed by atoms with E-state index in [0.29, 0.717) is 0 Å². The third-order valence-corrected chi connectivity index (χ3v) is 6.84. The van der Waals surface area contributed by atoms with Crippen LogP contribution in [0, 0.1) is 37.5 Å². The maximum absolute atomic E-state index is 12.8. The van der Waals surface area contributed by atoms with Crippen LogP contribution in [0.1, 0.15) is 23.4 Å². The second-order valence-corrected chi connectivity index (χ2v) is 8.43. The van der Waals surface area contributed by atoms with Crippen molar-refractivity contribution in [3.05, 3.63) is 53.4 Å². The molecule has 0 radical (unpaired) electrons. The number of benzene rings is 1. The highest BCUT2D eigenvalue weighted by Crippen LogP contribution is 2.52. The minimum atomic E-state index is -0.231. The molecule has 2 aromatic rings. The van der Waals surface area contributed by atoms with E-state index in [4.69, 9.17) is 9.47 Å². The van der Waals surface area contributed by atoms with Gasteiger partial charge in [0.2, 0.25) is 6.79 Å². The van der Waals surface area contributed by atoms with Gasteiger partial charge in [-0.1, -0.05) is 12.2 Å². The van der Waals surface area contributed by atoms with Gasteiger partial charge in [0.1, 0.15) is 0 Å². The second-order valence-electron chi connectivity index (χ2n) is 8.43. The zero-order valence-electron chi connectivity index (χ0n) is 16.7. The van der Waals surface area contributed by atoms with E-state index in [1.807, 2.05) is 38.1 Å². The topological polar surface area (TPSA) is 73.1 Å². The Labute approximate surface area is 173 Å². The molecule has 7 nitrogen and oxygen atoms in total. The number of hydrogen-bond donors (Lipinski definition) is 0. The number of hydrazone groups is 1. The Morgan fingerprint density at radius 2 is 1.70 bits per heavy atom. The Hall–Kier alpha value is -3.35. The van der Waals surface area contributed by atoms with Gasteiger partial charge in [0.05, 0.1) is 18.1 Å². The van der Waals surface area contributed by atoms with Crippen LogP contribution in [-0.2, 0) is 9.59 Å². The number of hydrogen-bond acceptors (Lipinski definition) is 5. The number of allylic oxidation sites excluding steroid dienone is 2. The molecular formula is C23H21N3O4. The van der Waals surface area contributed by atoms with Crippen LogP contribution < -0.4 is 9.47 Å².